The third-order valence-corrected chi connectivity index (χ3v) is 3.03. The minimum Gasteiger partial charge on any atom is -0.450 e. The fraction of sp³-hybridized carbons (Fsp3) is 0.833. The number of nitrogens with zero attached hydrogens (tertiary/aromatic N) is 2. The number of hydrogen-bond acceptors (Lipinski definition) is 4. The van der Waals surface area contributed by atoms with E-state index < -0.39 is 6.04 Å². The molecule has 2 amide bonds. The molecular weight excluding hydrogens is 234 g/mol. The second-order valence-electron chi connectivity index (χ2n) is 4.41. The molecule has 18 heavy (non-hydrogen) atoms. The molecule has 0 aliphatic carbocycles. The van der Waals surface area contributed by atoms with Crippen molar-refractivity contribution in [3.05, 3.63) is 0 Å². The molecule has 1 unspecified atom stereocenters. The summed E-state index contributed by atoms with van der Waals surface area (Å²) in [5.74, 6) is -0.0136. The summed E-state index contributed by atoms with van der Waals surface area (Å²) in [4.78, 5) is 26.8. The molecule has 6 nitrogen and oxygen atoms in total. The van der Waals surface area contributed by atoms with E-state index in [0.29, 0.717) is 39.2 Å². The van der Waals surface area contributed by atoms with Crippen LogP contribution in [0.4, 0.5) is 4.79 Å². The number of rotatable bonds is 4. The van der Waals surface area contributed by atoms with Crippen LogP contribution in [-0.2, 0) is 9.53 Å². The Morgan fingerprint density at radius 2 is 1.72 bits per heavy atom. The van der Waals surface area contributed by atoms with Gasteiger partial charge in [0.1, 0.15) is 0 Å². The van der Waals surface area contributed by atoms with Crippen LogP contribution in [0.2, 0.25) is 0 Å². The summed E-state index contributed by atoms with van der Waals surface area (Å²) in [5.41, 5.74) is 5.80. The van der Waals surface area contributed by atoms with Crippen LogP contribution >= 0.6 is 0 Å². The molecule has 2 N–H and O–H groups in total. The summed E-state index contributed by atoms with van der Waals surface area (Å²) >= 11 is 0. The molecule has 0 aromatic heterocycles. The molecule has 0 spiro atoms. The Morgan fingerprint density at radius 1 is 1.17 bits per heavy atom. The lowest BCUT2D eigenvalue weighted by Gasteiger charge is -2.35. The molecule has 1 aliphatic heterocycles. The van der Waals surface area contributed by atoms with Crippen molar-refractivity contribution in [3.63, 3.8) is 0 Å². The summed E-state index contributed by atoms with van der Waals surface area (Å²) in [6, 6.07) is -0.413. The number of nitrogens with two attached hydrogens (primary N) is 1. The highest BCUT2D eigenvalue weighted by atomic mass is 16.6. The Hall–Kier alpha value is -1.30. The number of piperazine rings is 1. The zero-order valence-corrected chi connectivity index (χ0v) is 11.2. The first-order valence-electron chi connectivity index (χ1n) is 6.56. The van der Waals surface area contributed by atoms with Gasteiger partial charge in [0, 0.05) is 26.2 Å². The number of carbonyl (C=O) groups excluding carboxylic acids is 2. The van der Waals surface area contributed by atoms with Gasteiger partial charge in [-0.1, -0.05) is 13.3 Å². The topological polar surface area (TPSA) is 75.9 Å². The second kappa shape index (κ2) is 7.20. The van der Waals surface area contributed by atoms with Crippen LogP contribution in [0.3, 0.4) is 0 Å². The van der Waals surface area contributed by atoms with Crippen molar-refractivity contribution >= 4 is 12.0 Å². The van der Waals surface area contributed by atoms with E-state index in [2.05, 4.69) is 0 Å². The fourth-order valence-corrected chi connectivity index (χ4v) is 1.99. The van der Waals surface area contributed by atoms with Gasteiger partial charge >= 0.3 is 6.09 Å². The van der Waals surface area contributed by atoms with Gasteiger partial charge in [0.15, 0.2) is 0 Å². The standard InChI is InChI=1S/C12H23N3O3/c1-3-5-10(13)11(16)14-6-8-15(9-7-14)12(17)18-4-2/h10H,3-9,13H2,1-2H3. The smallest absolute Gasteiger partial charge is 0.409 e. The predicted octanol–water partition coefficient (Wildman–Crippen LogP) is 0.415. The molecular formula is C12H23N3O3. The van der Waals surface area contributed by atoms with Gasteiger partial charge in [-0.05, 0) is 13.3 Å². The minimum absolute atomic E-state index is 0.0136. The van der Waals surface area contributed by atoms with E-state index in [0.717, 1.165) is 6.42 Å². The maximum atomic E-state index is 12.0. The van der Waals surface area contributed by atoms with E-state index >= 15 is 0 Å². The minimum atomic E-state index is -0.413. The third-order valence-electron chi connectivity index (χ3n) is 3.03. The normalized spacial score (nSPS) is 17.5. The summed E-state index contributed by atoms with van der Waals surface area (Å²) in [7, 11) is 0. The lowest BCUT2D eigenvalue weighted by molar-refractivity contribution is -0.134. The molecule has 1 rings (SSSR count). The van der Waals surface area contributed by atoms with Crippen LogP contribution < -0.4 is 5.73 Å². The summed E-state index contributed by atoms with van der Waals surface area (Å²) < 4.78 is 4.92. The average Bonchev–Trinajstić information content (AvgIpc) is 2.38. The second-order valence-corrected chi connectivity index (χ2v) is 4.41. The van der Waals surface area contributed by atoms with Crippen LogP contribution in [0.25, 0.3) is 0 Å². The summed E-state index contributed by atoms with van der Waals surface area (Å²) in [6.07, 6.45) is 1.30. The molecule has 0 aromatic carbocycles. The van der Waals surface area contributed by atoms with Gasteiger partial charge in [0.2, 0.25) is 5.91 Å². The van der Waals surface area contributed by atoms with Crippen LogP contribution in [-0.4, -0.2) is 60.6 Å². The number of ether oxygens (including phenoxy) is 1. The van der Waals surface area contributed by atoms with E-state index in [1.807, 2.05) is 6.92 Å². The van der Waals surface area contributed by atoms with Crippen molar-refractivity contribution in [3.8, 4) is 0 Å². The van der Waals surface area contributed by atoms with Crippen molar-refractivity contribution in [1.82, 2.24) is 9.80 Å². The third kappa shape index (κ3) is 3.87. The van der Waals surface area contributed by atoms with Gasteiger partial charge in [-0.25, -0.2) is 4.79 Å². The molecule has 0 bridgehead atoms. The SMILES string of the molecule is CCCC(N)C(=O)N1CCN(C(=O)OCC)CC1. The molecule has 1 atom stereocenters. The van der Waals surface area contributed by atoms with Gasteiger partial charge in [-0.3, -0.25) is 4.79 Å². The molecule has 1 aliphatic rings. The van der Waals surface area contributed by atoms with Crippen molar-refractivity contribution in [1.29, 1.82) is 0 Å². The molecule has 0 saturated carbocycles. The lowest BCUT2D eigenvalue weighted by Crippen LogP contribution is -2.54. The maximum absolute atomic E-state index is 12.0. The van der Waals surface area contributed by atoms with Gasteiger partial charge in [0.05, 0.1) is 12.6 Å². The number of hydrogen-bond donors (Lipinski definition) is 1. The average molecular weight is 257 g/mol. The van der Waals surface area contributed by atoms with E-state index in [1.54, 1.807) is 16.7 Å². The molecule has 0 aromatic rings. The van der Waals surface area contributed by atoms with Gasteiger partial charge < -0.3 is 20.3 Å². The number of carbonyl (C=O) groups is 2. The van der Waals surface area contributed by atoms with Crippen molar-refractivity contribution < 1.29 is 14.3 Å². The Kier molecular flexibility index (Phi) is 5.91. The number of amides is 2. The van der Waals surface area contributed by atoms with E-state index in [4.69, 9.17) is 10.5 Å². The molecule has 0 radical (unpaired) electrons. The highest BCUT2D eigenvalue weighted by molar-refractivity contribution is 5.82. The van der Waals surface area contributed by atoms with Gasteiger partial charge in [0.25, 0.3) is 0 Å². The zero-order valence-electron chi connectivity index (χ0n) is 11.2. The molecule has 1 heterocycles. The lowest BCUT2D eigenvalue weighted by atomic mass is 10.1. The van der Waals surface area contributed by atoms with Crippen molar-refractivity contribution in [2.24, 2.45) is 5.73 Å². The Labute approximate surface area is 108 Å². The Bertz CT molecular complexity index is 288. The molecule has 1 saturated heterocycles. The summed E-state index contributed by atoms with van der Waals surface area (Å²) in [6.45, 7) is 6.27. The maximum Gasteiger partial charge on any atom is 0.409 e. The fourth-order valence-electron chi connectivity index (χ4n) is 1.99. The van der Waals surface area contributed by atoms with Crippen LogP contribution in [0, 0.1) is 0 Å². The Balaban J connectivity index is 2.39. The van der Waals surface area contributed by atoms with Crippen LogP contribution in [0.5, 0.6) is 0 Å². The van der Waals surface area contributed by atoms with E-state index in [9.17, 15) is 9.59 Å². The first-order valence-corrected chi connectivity index (χ1v) is 6.56. The zero-order chi connectivity index (χ0) is 13.5. The molecule has 1 fully saturated rings. The highest BCUT2D eigenvalue weighted by Gasteiger charge is 2.27. The quantitative estimate of drug-likeness (QED) is 0.791. The van der Waals surface area contributed by atoms with E-state index in [1.165, 1.54) is 0 Å². The first kappa shape index (κ1) is 14.8. The van der Waals surface area contributed by atoms with E-state index in [-0.39, 0.29) is 12.0 Å². The Morgan fingerprint density at radius 3 is 2.22 bits per heavy atom. The first-order chi connectivity index (χ1) is 8.60. The largest absolute Gasteiger partial charge is 0.450 e. The van der Waals surface area contributed by atoms with Crippen LogP contribution in [0.1, 0.15) is 26.7 Å². The summed E-state index contributed by atoms with van der Waals surface area (Å²) in [5, 5.41) is 0. The van der Waals surface area contributed by atoms with Gasteiger partial charge in [-0.15, -0.1) is 0 Å². The van der Waals surface area contributed by atoms with Crippen molar-refractivity contribution in [2.75, 3.05) is 32.8 Å². The predicted molar refractivity (Wildman–Crippen MR) is 68.1 cm³/mol. The molecule has 6 heteroatoms. The molecule has 104 valence electrons. The monoisotopic (exact) mass is 257 g/mol. The van der Waals surface area contributed by atoms with Gasteiger partial charge in [-0.2, -0.15) is 0 Å². The van der Waals surface area contributed by atoms with Crippen molar-refractivity contribution in [2.45, 2.75) is 32.7 Å². The highest BCUT2D eigenvalue weighted by Crippen LogP contribution is 2.07. The van der Waals surface area contributed by atoms with Crippen LogP contribution in [0.15, 0.2) is 0 Å².